The molecule has 0 heterocycles. The van der Waals surface area contributed by atoms with E-state index in [0.717, 1.165) is 38.1 Å². The van der Waals surface area contributed by atoms with Crippen molar-refractivity contribution in [3.8, 4) is 5.75 Å². The van der Waals surface area contributed by atoms with E-state index in [1.54, 1.807) is 7.11 Å². The quantitative estimate of drug-likeness (QED) is 0.722. The number of aliphatic hydroxyl groups is 1. The molecule has 0 aliphatic heterocycles. The Morgan fingerprint density at radius 2 is 2.10 bits per heavy atom. The molecule has 0 aromatic heterocycles. The van der Waals surface area contributed by atoms with Gasteiger partial charge >= 0.3 is 0 Å². The molecule has 0 bridgehead atoms. The molecule has 1 fully saturated rings. The number of hydrogen-bond acceptors (Lipinski definition) is 4. The average molecular weight is 293 g/mol. The lowest BCUT2D eigenvalue weighted by molar-refractivity contribution is 0.100. The molecule has 1 aromatic rings. The van der Waals surface area contributed by atoms with E-state index < -0.39 is 0 Å². The molecule has 0 radical (unpaired) electrons. The second-order valence-corrected chi connectivity index (χ2v) is 5.77. The van der Waals surface area contributed by atoms with E-state index in [4.69, 9.17) is 9.47 Å². The van der Waals surface area contributed by atoms with Crippen LogP contribution < -0.4 is 10.1 Å². The summed E-state index contributed by atoms with van der Waals surface area (Å²) >= 11 is 0. The highest BCUT2D eigenvalue weighted by molar-refractivity contribution is 5.33. The van der Waals surface area contributed by atoms with E-state index in [-0.39, 0.29) is 6.10 Å². The maximum Gasteiger partial charge on any atom is 0.123 e. The molecule has 118 valence electrons. The first-order chi connectivity index (χ1) is 10.3. The van der Waals surface area contributed by atoms with Gasteiger partial charge in [0.15, 0.2) is 0 Å². The standard InChI is InChI=1S/C17H27NO3/c1-20-9-10-21-17-8-3-2-6-15(17)13-18-12-14-5-4-7-16(19)11-14/h2-3,6,8,14,16,18-19H,4-5,7,9-13H2,1H3. The van der Waals surface area contributed by atoms with Gasteiger partial charge in [0.2, 0.25) is 0 Å². The fourth-order valence-electron chi connectivity index (χ4n) is 2.88. The van der Waals surface area contributed by atoms with E-state index in [0.29, 0.717) is 19.1 Å². The Labute approximate surface area is 127 Å². The lowest BCUT2D eigenvalue weighted by Gasteiger charge is -2.26. The second kappa shape index (κ2) is 9.03. The van der Waals surface area contributed by atoms with Crippen LogP contribution in [-0.4, -0.2) is 38.1 Å². The normalized spacial score (nSPS) is 22.2. The van der Waals surface area contributed by atoms with Crippen molar-refractivity contribution in [3.05, 3.63) is 29.8 Å². The number of methoxy groups -OCH3 is 1. The minimum Gasteiger partial charge on any atom is -0.491 e. The third kappa shape index (κ3) is 5.65. The van der Waals surface area contributed by atoms with Crippen LogP contribution in [0.1, 0.15) is 31.2 Å². The van der Waals surface area contributed by atoms with Crippen molar-refractivity contribution in [2.45, 2.75) is 38.3 Å². The van der Waals surface area contributed by atoms with Crippen LogP contribution in [0.5, 0.6) is 5.75 Å². The number of para-hydroxylation sites is 1. The Morgan fingerprint density at radius 1 is 1.24 bits per heavy atom. The molecular formula is C17H27NO3. The molecule has 0 amide bonds. The summed E-state index contributed by atoms with van der Waals surface area (Å²) in [6.45, 7) is 2.93. The highest BCUT2D eigenvalue weighted by Gasteiger charge is 2.19. The highest BCUT2D eigenvalue weighted by Crippen LogP contribution is 2.24. The van der Waals surface area contributed by atoms with Crippen molar-refractivity contribution >= 4 is 0 Å². The van der Waals surface area contributed by atoms with Gasteiger partial charge in [0.1, 0.15) is 12.4 Å². The van der Waals surface area contributed by atoms with Crippen LogP contribution in [0.25, 0.3) is 0 Å². The zero-order chi connectivity index (χ0) is 14.9. The molecule has 2 unspecified atom stereocenters. The highest BCUT2D eigenvalue weighted by atomic mass is 16.5. The lowest BCUT2D eigenvalue weighted by Crippen LogP contribution is -2.29. The third-order valence-electron chi connectivity index (χ3n) is 4.02. The van der Waals surface area contributed by atoms with Crippen molar-refractivity contribution in [3.63, 3.8) is 0 Å². The van der Waals surface area contributed by atoms with Crippen molar-refractivity contribution < 1.29 is 14.6 Å². The Bertz CT molecular complexity index is 411. The molecule has 2 N–H and O–H groups in total. The summed E-state index contributed by atoms with van der Waals surface area (Å²) in [6, 6.07) is 8.11. The molecule has 0 saturated heterocycles. The maximum absolute atomic E-state index is 9.70. The van der Waals surface area contributed by atoms with Crippen LogP contribution in [0.3, 0.4) is 0 Å². The largest absolute Gasteiger partial charge is 0.491 e. The average Bonchev–Trinajstić information content (AvgIpc) is 2.49. The van der Waals surface area contributed by atoms with Crippen molar-refractivity contribution in [1.29, 1.82) is 0 Å². The number of hydrogen-bond donors (Lipinski definition) is 2. The molecule has 4 nitrogen and oxygen atoms in total. The van der Waals surface area contributed by atoms with Gasteiger partial charge in [-0.1, -0.05) is 24.6 Å². The molecule has 0 spiro atoms. The lowest BCUT2D eigenvalue weighted by atomic mass is 9.87. The van der Waals surface area contributed by atoms with Crippen LogP contribution >= 0.6 is 0 Å². The van der Waals surface area contributed by atoms with Crippen LogP contribution in [-0.2, 0) is 11.3 Å². The number of ether oxygens (including phenoxy) is 2. The molecule has 1 aliphatic carbocycles. The van der Waals surface area contributed by atoms with E-state index in [9.17, 15) is 5.11 Å². The summed E-state index contributed by atoms with van der Waals surface area (Å²) in [5.41, 5.74) is 1.17. The molecule has 2 rings (SSSR count). The summed E-state index contributed by atoms with van der Waals surface area (Å²) in [4.78, 5) is 0. The molecule has 4 heteroatoms. The summed E-state index contributed by atoms with van der Waals surface area (Å²) in [5, 5.41) is 13.2. The Kier molecular flexibility index (Phi) is 7.00. The van der Waals surface area contributed by atoms with Gasteiger partial charge < -0.3 is 19.9 Å². The van der Waals surface area contributed by atoms with Crippen LogP contribution in [0, 0.1) is 5.92 Å². The predicted molar refractivity (Wildman–Crippen MR) is 83.5 cm³/mol. The zero-order valence-corrected chi connectivity index (χ0v) is 12.9. The molecule has 1 saturated carbocycles. The third-order valence-corrected chi connectivity index (χ3v) is 4.02. The topological polar surface area (TPSA) is 50.7 Å². The molecule has 1 aliphatic rings. The SMILES string of the molecule is COCCOc1ccccc1CNCC1CCCC(O)C1. The Morgan fingerprint density at radius 3 is 2.90 bits per heavy atom. The van der Waals surface area contributed by atoms with E-state index in [2.05, 4.69) is 11.4 Å². The number of aliphatic hydroxyl groups excluding tert-OH is 1. The fraction of sp³-hybridized carbons (Fsp3) is 0.647. The van der Waals surface area contributed by atoms with Gasteiger partial charge in [-0.3, -0.25) is 0 Å². The van der Waals surface area contributed by atoms with Gasteiger partial charge in [0, 0.05) is 19.2 Å². The van der Waals surface area contributed by atoms with Crippen LogP contribution in [0.15, 0.2) is 24.3 Å². The Balaban J connectivity index is 1.76. The van der Waals surface area contributed by atoms with Gasteiger partial charge in [0.05, 0.1) is 12.7 Å². The fourth-order valence-corrected chi connectivity index (χ4v) is 2.88. The van der Waals surface area contributed by atoms with Gasteiger partial charge in [-0.25, -0.2) is 0 Å². The van der Waals surface area contributed by atoms with Gasteiger partial charge in [-0.2, -0.15) is 0 Å². The summed E-state index contributed by atoms with van der Waals surface area (Å²) in [5.74, 6) is 1.51. The van der Waals surface area contributed by atoms with Crippen LogP contribution in [0.2, 0.25) is 0 Å². The number of benzene rings is 1. The van der Waals surface area contributed by atoms with Crippen LogP contribution in [0.4, 0.5) is 0 Å². The smallest absolute Gasteiger partial charge is 0.123 e. The molecule has 1 aromatic carbocycles. The van der Waals surface area contributed by atoms with Crippen molar-refractivity contribution in [2.24, 2.45) is 5.92 Å². The monoisotopic (exact) mass is 293 g/mol. The first-order valence-corrected chi connectivity index (χ1v) is 7.88. The summed E-state index contributed by atoms with van der Waals surface area (Å²) < 4.78 is 10.7. The molecule has 2 atom stereocenters. The predicted octanol–water partition coefficient (Wildman–Crippen LogP) is 2.35. The van der Waals surface area contributed by atoms with Gasteiger partial charge in [0.25, 0.3) is 0 Å². The second-order valence-electron chi connectivity index (χ2n) is 5.77. The van der Waals surface area contributed by atoms with Crippen molar-refractivity contribution in [1.82, 2.24) is 5.32 Å². The summed E-state index contributed by atoms with van der Waals surface area (Å²) in [6.07, 6.45) is 4.15. The first-order valence-electron chi connectivity index (χ1n) is 7.88. The van der Waals surface area contributed by atoms with E-state index in [1.807, 2.05) is 18.2 Å². The van der Waals surface area contributed by atoms with Crippen molar-refractivity contribution in [2.75, 3.05) is 26.9 Å². The number of rotatable bonds is 8. The minimum absolute atomic E-state index is 0.102. The van der Waals surface area contributed by atoms with E-state index >= 15 is 0 Å². The Hall–Kier alpha value is -1.10. The molecule has 21 heavy (non-hydrogen) atoms. The maximum atomic E-state index is 9.70. The minimum atomic E-state index is -0.102. The summed E-state index contributed by atoms with van der Waals surface area (Å²) in [7, 11) is 1.68. The molecular weight excluding hydrogens is 266 g/mol. The van der Waals surface area contributed by atoms with Gasteiger partial charge in [-0.05, 0) is 37.8 Å². The first kappa shape index (κ1) is 16.3. The zero-order valence-electron chi connectivity index (χ0n) is 12.9. The van der Waals surface area contributed by atoms with E-state index in [1.165, 1.54) is 12.0 Å². The number of nitrogens with one attached hydrogen (secondary N) is 1. The van der Waals surface area contributed by atoms with Gasteiger partial charge in [-0.15, -0.1) is 0 Å².